The Bertz CT molecular complexity index is 2010. The maximum absolute atomic E-state index is 14.5. The molecule has 5 N–H and O–H groups in total. The van der Waals surface area contributed by atoms with Crippen LogP contribution >= 0.6 is 11.6 Å². The fourth-order valence-corrected chi connectivity index (χ4v) is 7.26. The monoisotopic (exact) mass is 710 g/mol. The summed E-state index contributed by atoms with van der Waals surface area (Å²) in [7, 11) is 0. The molecule has 4 heterocycles. The van der Waals surface area contributed by atoms with Gasteiger partial charge < -0.3 is 20.7 Å². The van der Waals surface area contributed by atoms with Gasteiger partial charge in [0.25, 0.3) is 0 Å². The number of likely N-dealkylation sites (tertiary alicyclic amines) is 2. The number of aromatic amines is 1. The first-order valence-electron chi connectivity index (χ1n) is 16.6. The lowest BCUT2D eigenvalue weighted by atomic mass is 9.80. The number of carboxylic acid groups (broad SMARTS) is 1. The molecule has 7 rings (SSSR count). The van der Waals surface area contributed by atoms with Gasteiger partial charge in [-0.1, -0.05) is 35.9 Å². The van der Waals surface area contributed by atoms with Gasteiger partial charge in [0.15, 0.2) is 0 Å². The Kier molecular flexibility index (Phi) is 9.88. The second-order valence-corrected chi connectivity index (χ2v) is 13.3. The van der Waals surface area contributed by atoms with Crippen LogP contribution < -0.4 is 11.1 Å². The van der Waals surface area contributed by atoms with Crippen LogP contribution in [0.5, 0.6) is 0 Å². The molecule has 0 spiro atoms. The van der Waals surface area contributed by atoms with E-state index in [1.54, 1.807) is 66.9 Å². The van der Waals surface area contributed by atoms with Crippen molar-refractivity contribution in [3.8, 4) is 16.9 Å². The zero-order chi connectivity index (χ0) is 35.5. The molecule has 3 unspecified atom stereocenters. The number of amides is 2. The quantitative estimate of drug-likeness (QED) is 0.152. The summed E-state index contributed by atoms with van der Waals surface area (Å²) >= 11 is 6.37. The molecule has 5 aromatic rings. The predicted molar refractivity (Wildman–Crippen MR) is 190 cm³/mol. The summed E-state index contributed by atoms with van der Waals surface area (Å²) in [6, 6.07) is 18.2. The normalized spacial score (nSPS) is 20.1. The van der Waals surface area contributed by atoms with Crippen molar-refractivity contribution in [1.29, 1.82) is 0 Å². The topological polar surface area (TPSA) is 171 Å². The van der Waals surface area contributed by atoms with E-state index < -0.39 is 12.1 Å². The van der Waals surface area contributed by atoms with E-state index >= 15 is 0 Å². The van der Waals surface area contributed by atoms with Crippen LogP contribution in [0.3, 0.4) is 0 Å². The minimum atomic E-state index is -1.15. The lowest BCUT2D eigenvalue weighted by Gasteiger charge is -2.48. The number of aromatic nitrogens is 6. The summed E-state index contributed by atoms with van der Waals surface area (Å²) < 4.78 is 15.7. The van der Waals surface area contributed by atoms with Gasteiger partial charge in [0.05, 0.1) is 17.4 Å². The average molecular weight is 711 g/mol. The number of nitrogens with two attached hydrogens (primary N) is 1. The second kappa shape index (κ2) is 14.8. The number of hydrogen-bond donors (Lipinski definition) is 4. The third-order valence-electron chi connectivity index (χ3n) is 9.62. The number of nitrogens with one attached hydrogen (secondary N) is 2. The molecule has 0 saturated carbocycles. The first kappa shape index (κ1) is 34.0. The van der Waals surface area contributed by atoms with Crippen molar-refractivity contribution in [3.05, 3.63) is 113 Å². The molecular weight excluding hydrogens is 675 g/mol. The van der Waals surface area contributed by atoms with E-state index in [9.17, 15) is 14.0 Å². The zero-order valence-electron chi connectivity index (χ0n) is 27.4. The first-order chi connectivity index (χ1) is 24.7. The number of anilines is 1. The maximum atomic E-state index is 14.5. The van der Waals surface area contributed by atoms with E-state index in [1.807, 2.05) is 4.90 Å². The lowest BCUT2D eigenvalue weighted by molar-refractivity contribution is -0.132. The van der Waals surface area contributed by atoms with Gasteiger partial charge in [-0.25, -0.2) is 14.2 Å². The number of tetrazole rings is 1. The summed E-state index contributed by atoms with van der Waals surface area (Å²) in [4.78, 5) is 38.2. The van der Waals surface area contributed by atoms with Crippen LogP contribution in [0.2, 0.25) is 5.02 Å². The van der Waals surface area contributed by atoms with Gasteiger partial charge in [0, 0.05) is 58.7 Å². The largest absolute Gasteiger partial charge is 0.465 e. The van der Waals surface area contributed by atoms with E-state index in [0.29, 0.717) is 46.4 Å². The fraction of sp³-hybridized carbons (Fsp3) is 0.278. The number of rotatable bonds is 8. The summed E-state index contributed by atoms with van der Waals surface area (Å²) in [5.74, 6) is -0.244. The third-order valence-corrected chi connectivity index (χ3v) is 9.86. The number of hydrogen-bond acceptors (Lipinski definition) is 8. The van der Waals surface area contributed by atoms with Crippen LogP contribution in [0.4, 0.5) is 14.9 Å². The molecule has 13 nitrogen and oxygen atoms in total. The molecule has 2 aliphatic heterocycles. The molecule has 262 valence electrons. The van der Waals surface area contributed by atoms with Gasteiger partial charge in [-0.05, 0) is 96.9 Å². The van der Waals surface area contributed by atoms with Gasteiger partial charge in [-0.15, -0.1) is 5.10 Å². The maximum Gasteiger partial charge on any atom is 0.409 e. The van der Waals surface area contributed by atoms with Crippen molar-refractivity contribution < 1.29 is 19.1 Å². The zero-order valence-corrected chi connectivity index (χ0v) is 28.2. The van der Waals surface area contributed by atoms with Gasteiger partial charge in [-0.2, -0.15) is 4.68 Å². The highest BCUT2D eigenvalue weighted by atomic mass is 35.5. The van der Waals surface area contributed by atoms with Crippen LogP contribution in [-0.4, -0.2) is 88.8 Å². The molecule has 2 amide bonds. The highest BCUT2D eigenvalue weighted by Gasteiger charge is 2.43. The number of benzene rings is 3. The Morgan fingerprint density at radius 3 is 2.53 bits per heavy atom. The minimum absolute atomic E-state index is 0.0211. The standard InChI is InChI=1S/C36H36ClFN10O3/c37-25-6-11-32(48-21-41-44-45-48)24(17-25)5-12-33(49)47-20-29(46-15-13-27(39)14-16-46)18-30(22-1-7-26(38)8-2-22)34(47)35-40-19-31(43-35)23-3-9-28(10-4-23)42-36(50)51/h1-12,17,19,21,27,29-30,34,42H,13-16,18,20,39H2,(H,40,43)(H,50,51). The Morgan fingerprint density at radius 2 is 1.82 bits per heavy atom. The molecule has 0 bridgehead atoms. The molecule has 2 aromatic heterocycles. The number of piperidine rings is 2. The first-order valence-corrected chi connectivity index (χ1v) is 17.0. The van der Waals surface area contributed by atoms with Crippen molar-refractivity contribution >= 4 is 35.4 Å². The van der Waals surface area contributed by atoms with Crippen molar-refractivity contribution in [1.82, 2.24) is 40.0 Å². The number of imidazole rings is 1. The number of halogens is 2. The van der Waals surface area contributed by atoms with Gasteiger partial charge >= 0.3 is 6.09 Å². The van der Waals surface area contributed by atoms with Crippen molar-refractivity contribution in [2.45, 2.75) is 43.3 Å². The Morgan fingerprint density at radius 1 is 1.06 bits per heavy atom. The number of carbonyl (C=O) groups excluding carboxylic acids is 1. The second-order valence-electron chi connectivity index (χ2n) is 12.8. The molecule has 0 aliphatic carbocycles. The highest BCUT2D eigenvalue weighted by molar-refractivity contribution is 6.30. The molecule has 15 heteroatoms. The minimum Gasteiger partial charge on any atom is -0.465 e. The van der Waals surface area contributed by atoms with Crippen LogP contribution in [0, 0.1) is 5.82 Å². The predicted octanol–water partition coefficient (Wildman–Crippen LogP) is 5.50. The van der Waals surface area contributed by atoms with Crippen molar-refractivity contribution in [3.63, 3.8) is 0 Å². The van der Waals surface area contributed by atoms with Crippen LogP contribution in [0.1, 0.15) is 48.2 Å². The number of carbonyl (C=O) groups is 2. The van der Waals surface area contributed by atoms with E-state index in [4.69, 9.17) is 27.4 Å². The molecule has 2 fully saturated rings. The summed E-state index contributed by atoms with van der Waals surface area (Å²) in [6.45, 7) is 2.07. The van der Waals surface area contributed by atoms with E-state index in [0.717, 1.165) is 37.1 Å². The Labute approximate surface area is 297 Å². The van der Waals surface area contributed by atoms with E-state index in [2.05, 4.69) is 30.7 Å². The fourth-order valence-electron chi connectivity index (χ4n) is 7.08. The molecule has 2 saturated heterocycles. The molecule has 2 aliphatic rings. The summed E-state index contributed by atoms with van der Waals surface area (Å²) in [5.41, 5.74) is 10.3. The SMILES string of the molecule is NC1CCN(C2CC(c3ccc(F)cc3)C(c3nc(-c4ccc(NC(=O)O)cc4)c[nH]3)N(C(=O)C=Cc3cc(Cl)ccc3-n3cnnn3)C2)CC1. The van der Waals surface area contributed by atoms with Gasteiger partial charge in [-0.3, -0.25) is 15.0 Å². The average Bonchev–Trinajstić information content (AvgIpc) is 3.85. The van der Waals surface area contributed by atoms with E-state index in [-0.39, 0.29) is 29.7 Å². The van der Waals surface area contributed by atoms with Crippen molar-refractivity contribution in [2.24, 2.45) is 5.73 Å². The molecule has 3 atom stereocenters. The Hall–Kier alpha value is -5.44. The number of H-pyrrole nitrogens is 1. The molecule has 51 heavy (non-hydrogen) atoms. The summed E-state index contributed by atoms with van der Waals surface area (Å²) in [5, 5.41) is 23.4. The Balaban J connectivity index is 1.27. The summed E-state index contributed by atoms with van der Waals surface area (Å²) in [6.07, 6.45) is 7.77. The van der Waals surface area contributed by atoms with Crippen LogP contribution in [-0.2, 0) is 4.79 Å². The smallest absolute Gasteiger partial charge is 0.409 e. The highest BCUT2D eigenvalue weighted by Crippen LogP contribution is 2.44. The third kappa shape index (κ3) is 7.67. The van der Waals surface area contributed by atoms with Crippen molar-refractivity contribution in [2.75, 3.05) is 25.0 Å². The molecular formula is C36H36ClFN10O3. The lowest BCUT2D eigenvalue weighted by Crippen LogP contribution is -2.55. The van der Waals surface area contributed by atoms with Crippen LogP contribution in [0.25, 0.3) is 23.0 Å². The molecule has 0 radical (unpaired) electrons. The molecule has 3 aromatic carbocycles. The van der Waals surface area contributed by atoms with E-state index in [1.165, 1.54) is 29.2 Å². The van der Waals surface area contributed by atoms with Gasteiger partial charge in [0.2, 0.25) is 5.91 Å². The van der Waals surface area contributed by atoms with Gasteiger partial charge in [0.1, 0.15) is 18.0 Å². The van der Waals surface area contributed by atoms with Crippen LogP contribution in [0.15, 0.2) is 85.3 Å². The number of nitrogens with zero attached hydrogens (tertiary/aromatic N) is 7.